The van der Waals surface area contributed by atoms with Crippen LogP contribution in [0.1, 0.15) is 68.7 Å². The Morgan fingerprint density at radius 3 is 1.60 bits per heavy atom. The van der Waals surface area contributed by atoms with Gasteiger partial charge in [0.25, 0.3) is 0 Å². The van der Waals surface area contributed by atoms with E-state index in [4.69, 9.17) is 0 Å². The molecular weight excluding hydrogens is 342 g/mol. The number of hydrogen-bond acceptors (Lipinski definition) is 2. The zero-order valence-corrected chi connectivity index (χ0v) is 17.6. The molecule has 4 atom stereocenters. The topological polar surface area (TPSA) is 25.8 Å². The summed E-state index contributed by atoms with van der Waals surface area (Å²) in [7, 11) is 2.01. The van der Waals surface area contributed by atoms with Gasteiger partial charge in [0, 0.05) is 35.1 Å². The molecule has 0 radical (unpaired) electrons. The minimum Gasteiger partial charge on any atom is -0.261 e. The molecule has 0 bridgehead atoms. The van der Waals surface area contributed by atoms with Crippen LogP contribution in [0.5, 0.6) is 0 Å². The first-order valence-corrected chi connectivity index (χ1v) is 12.2. The highest BCUT2D eigenvalue weighted by Gasteiger charge is 2.13. The monoisotopic (exact) mass is 374 g/mol. The molecule has 0 aromatic carbocycles. The molecular formula is C21H32N2P2. The van der Waals surface area contributed by atoms with Gasteiger partial charge in [0.2, 0.25) is 0 Å². The van der Waals surface area contributed by atoms with E-state index in [0.29, 0.717) is 11.3 Å². The summed E-state index contributed by atoms with van der Waals surface area (Å²) in [5.41, 5.74) is 3.92. The molecule has 0 fully saturated rings. The molecule has 2 aromatic rings. The van der Waals surface area contributed by atoms with E-state index in [0.717, 1.165) is 17.2 Å². The van der Waals surface area contributed by atoms with Gasteiger partial charge in [-0.15, -0.1) is 17.2 Å². The molecule has 4 heteroatoms. The van der Waals surface area contributed by atoms with Crippen molar-refractivity contribution in [3.05, 3.63) is 60.2 Å². The molecule has 0 N–H and O–H groups in total. The summed E-state index contributed by atoms with van der Waals surface area (Å²) >= 11 is 0. The van der Waals surface area contributed by atoms with Gasteiger partial charge >= 0.3 is 0 Å². The highest BCUT2D eigenvalue weighted by Crippen LogP contribution is 2.41. The minimum absolute atomic E-state index is 0.664. The highest BCUT2D eigenvalue weighted by atomic mass is 31.1. The predicted octanol–water partition coefficient (Wildman–Crippen LogP) is 6.61. The first kappa shape index (κ1) is 20.5. The molecule has 4 unspecified atom stereocenters. The Labute approximate surface area is 157 Å². The van der Waals surface area contributed by atoms with Crippen LogP contribution in [0.15, 0.2) is 48.8 Å². The van der Waals surface area contributed by atoms with Crippen LogP contribution in [0.4, 0.5) is 0 Å². The average molecular weight is 374 g/mol. The third kappa shape index (κ3) is 7.51. The van der Waals surface area contributed by atoms with Crippen molar-refractivity contribution >= 4 is 17.2 Å². The Morgan fingerprint density at radius 2 is 1.24 bits per heavy atom. The fourth-order valence-corrected chi connectivity index (χ4v) is 6.65. The summed E-state index contributed by atoms with van der Waals surface area (Å²) in [5, 5.41) is 0. The summed E-state index contributed by atoms with van der Waals surface area (Å²) in [6.45, 7) is 4.56. The minimum atomic E-state index is 0.664. The lowest BCUT2D eigenvalue weighted by Crippen LogP contribution is -1.98. The van der Waals surface area contributed by atoms with Crippen molar-refractivity contribution in [3.8, 4) is 0 Å². The van der Waals surface area contributed by atoms with Crippen LogP contribution in [0.3, 0.4) is 0 Å². The lowest BCUT2D eigenvalue weighted by Gasteiger charge is -2.17. The van der Waals surface area contributed by atoms with Crippen LogP contribution < -0.4 is 0 Å². The summed E-state index contributed by atoms with van der Waals surface area (Å²) in [4.78, 5) is 9.18. The van der Waals surface area contributed by atoms with E-state index >= 15 is 0 Å². The molecule has 136 valence electrons. The second-order valence-electron chi connectivity index (χ2n) is 6.45. The van der Waals surface area contributed by atoms with Gasteiger partial charge in [-0.3, -0.25) is 9.97 Å². The van der Waals surface area contributed by atoms with E-state index in [1.165, 1.54) is 55.8 Å². The smallest absolute Gasteiger partial charge is 0.0474 e. The highest BCUT2D eigenvalue weighted by molar-refractivity contribution is 7.39. The van der Waals surface area contributed by atoms with Gasteiger partial charge in [0.1, 0.15) is 0 Å². The van der Waals surface area contributed by atoms with Crippen molar-refractivity contribution in [1.82, 2.24) is 9.97 Å². The van der Waals surface area contributed by atoms with Crippen molar-refractivity contribution in [2.24, 2.45) is 0 Å². The number of nitrogens with zero attached hydrogens (tertiary/aromatic N) is 2. The molecule has 2 rings (SSSR count). The van der Waals surface area contributed by atoms with Crippen molar-refractivity contribution < 1.29 is 0 Å². The number of pyridine rings is 2. The standard InChI is InChI=1S/C21H32N2P2/c1-3-10-20(18-12-5-7-14-22-18)24-16-9-17-25-21(11-4-2)19-13-6-8-15-23-19/h5-8,12-15,20-21,24-25H,3-4,9-11,16-17H2,1-2H3. The van der Waals surface area contributed by atoms with Gasteiger partial charge in [0.05, 0.1) is 0 Å². The molecule has 2 heterocycles. The molecule has 0 amide bonds. The van der Waals surface area contributed by atoms with Gasteiger partial charge < -0.3 is 0 Å². The predicted molar refractivity (Wildman–Crippen MR) is 115 cm³/mol. The van der Waals surface area contributed by atoms with E-state index in [-0.39, 0.29) is 0 Å². The van der Waals surface area contributed by atoms with Gasteiger partial charge in [-0.2, -0.15) is 0 Å². The second-order valence-corrected chi connectivity index (χ2v) is 9.66. The van der Waals surface area contributed by atoms with Crippen LogP contribution in [0.25, 0.3) is 0 Å². The maximum absolute atomic E-state index is 4.59. The van der Waals surface area contributed by atoms with E-state index in [1.54, 1.807) is 0 Å². The summed E-state index contributed by atoms with van der Waals surface area (Å²) in [6, 6.07) is 12.7. The fourth-order valence-electron chi connectivity index (χ4n) is 3.09. The molecule has 25 heavy (non-hydrogen) atoms. The van der Waals surface area contributed by atoms with Gasteiger partial charge in [-0.05, 0) is 55.9 Å². The van der Waals surface area contributed by atoms with E-state index in [1.807, 2.05) is 24.5 Å². The molecule has 2 aromatic heterocycles. The first-order chi connectivity index (χ1) is 12.3. The average Bonchev–Trinajstić information content (AvgIpc) is 2.67. The molecule has 0 spiro atoms. The van der Waals surface area contributed by atoms with Crippen LogP contribution in [-0.4, -0.2) is 22.3 Å². The van der Waals surface area contributed by atoms with Crippen LogP contribution >= 0.6 is 17.2 Å². The van der Waals surface area contributed by atoms with E-state index < -0.39 is 0 Å². The Morgan fingerprint density at radius 1 is 0.760 bits per heavy atom. The maximum Gasteiger partial charge on any atom is 0.0474 e. The Bertz CT molecular complexity index is 511. The number of aromatic nitrogens is 2. The maximum atomic E-state index is 4.59. The molecule has 0 aliphatic heterocycles. The van der Waals surface area contributed by atoms with Gasteiger partial charge in [0.15, 0.2) is 0 Å². The quantitative estimate of drug-likeness (QED) is 0.309. The largest absolute Gasteiger partial charge is 0.261 e. The number of hydrogen-bond donors (Lipinski definition) is 0. The third-order valence-electron chi connectivity index (χ3n) is 4.38. The fraction of sp³-hybridized carbons (Fsp3) is 0.524. The summed E-state index contributed by atoms with van der Waals surface area (Å²) in [5.74, 6) is 0. The SMILES string of the molecule is CCCC(PCCCPC(CCC)c1ccccn1)c1ccccn1. The molecule has 0 saturated heterocycles. The van der Waals surface area contributed by atoms with Crippen LogP contribution in [0, 0.1) is 0 Å². The Balaban J connectivity index is 1.75. The van der Waals surface area contributed by atoms with E-state index in [2.05, 4.69) is 48.1 Å². The molecule has 0 saturated carbocycles. The third-order valence-corrected chi connectivity index (χ3v) is 7.82. The Hall–Kier alpha value is -0.840. The number of rotatable bonds is 12. The Kier molecular flexibility index (Phi) is 10.2. The molecule has 2 nitrogen and oxygen atoms in total. The summed E-state index contributed by atoms with van der Waals surface area (Å²) in [6.07, 6.45) is 12.9. The van der Waals surface area contributed by atoms with Gasteiger partial charge in [-0.25, -0.2) is 0 Å². The van der Waals surface area contributed by atoms with Crippen molar-refractivity contribution in [2.45, 2.75) is 57.3 Å². The zero-order chi connectivity index (χ0) is 17.7. The van der Waals surface area contributed by atoms with Crippen molar-refractivity contribution in [2.75, 3.05) is 12.3 Å². The normalized spacial score (nSPS) is 14.5. The summed E-state index contributed by atoms with van der Waals surface area (Å²) < 4.78 is 0. The molecule has 0 aliphatic carbocycles. The first-order valence-electron chi connectivity index (χ1n) is 9.63. The second kappa shape index (κ2) is 12.5. The van der Waals surface area contributed by atoms with E-state index in [9.17, 15) is 0 Å². The van der Waals surface area contributed by atoms with Crippen molar-refractivity contribution in [3.63, 3.8) is 0 Å². The lowest BCUT2D eigenvalue weighted by atomic mass is 10.2. The molecule has 0 aliphatic rings. The lowest BCUT2D eigenvalue weighted by molar-refractivity contribution is 0.751. The van der Waals surface area contributed by atoms with Crippen LogP contribution in [0.2, 0.25) is 0 Å². The van der Waals surface area contributed by atoms with Crippen LogP contribution in [-0.2, 0) is 0 Å². The zero-order valence-electron chi connectivity index (χ0n) is 15.6. The van der Waals surface area contributed by atoms with Crippen molar-refractivity contribution in [1.29, 1.82) is 0 Å². The van der Waals surface area contributed by atoms with Gasteiger partial charge in [-0.1, -0.05) is 38.8 Å².